The normalized spacial score (nSPS) is 13.1. The molecule has 0 aromatic rings. The van der Waals surface area contributed by atoms with Gasteiger partial charge in [0.2, 0.25) is 5.91 Å². The van der Waals surface area contributed by atoms with Crippen molar-refractivity contribution >= 4 is 11.9 Å². The van der Waals surface area contributed by atoms with Gasteiger partial charge in [-0.2, -0.15) is 0 Å². The maximum Gasteiger partial charge on any atom is 0.305 e. The number of aliphatic hydroxyl groups excluding tert-OH is 2. The van der Waals surface area contributed by atoms with E-state index in [1.165, 1.54) is 103 Å². The summed E-state index contributed by atoms with van der Waals surface area (Å²) in [4.78, 5) is 24.3. The third-order valence-electron chi connectivity index (χ3n) is 10.2. The fraction of sp³-hybridized carbons (Fsp3) is 0.830. The predicted molar refractivity (Wildman–Crippen MR) is 227 cm³/mol. The quantitative estimate of drug-likeness (QED) is 0.0329. The summed E-state index contributed by atoms with van der Waals surface area (Å²) < 4.78 is 5.42. The van der Waals surface area contributed by atoms with E-state index >= 15 is 0 Å². The Bertz CT molecular complexity index is 869. The van der Waals surface area contributed by atoms with Gasteiger partial charge >= 0.3 is 5.97 Å². The molecule has 0 saturated heterocycles. The molecule has 310 valence electrons. The highest BCUT2D eigenvalue weighted by Crippen LogP contribution is 2.14. The molecule has 3 N–H and O–H groups in total. The van der Waals surface area contributed by atoms with Gasteiger partial charge in [0, 0.05) is 12.8 Å². The van der Waals surface area contributed by atoms with Gasteiger partial charge in [-0.05, 0) is 89.9 Å². The molecule has 6 nitrogen and oxygen atoms in total. The Kier molecular flexibility index (Phi) is 41.3. The second-order valence-electron chi connectivity index (χ2n) is 15.4. The maximum absolute atomic E-state index is 12.3. The lowest BCUT2D eigenvalue weighted by Crippen LogP contribution is -2.45. The van der Waals surface area contributed by atoms with Gasteiger partial charge in [0.05, 0.1) is 25.4 Å². The van der Waals surface area contributed by atoms with Gasteiger partial charge in [-0.1, -0.05) is 159 Å². The average Bonchev–Trinajstić information content (AvgIpc) is 3.16. The molecule has 0 fully saturated rings. The molecule has 0 aromatic heterocycles. The van der Waals surface area contributed by atoms with Crippen LogP contribution in [-0.2, 0) is 14.3 Å². The zero-order valence-corrected chi connectivity index (χ0v) is 35.0. The average molecular weight is 746 g/mol. The summed E-state index contributed by atoms with van der Waals surface area (Å²) in [5.41, 5.74) is 0. The minimum atomic E-state index is -0.679. The summed E-state index contributed by atoms with van der Waals surface area (Å²) in [6, 6.07) is -0.559. The summed E-state index contributed by atoms with van der Waals surface area (Å²) in [6.07, 6.45) is 49.6. The number of carbonyl (C=O) groups excluding carboxylic acids is 2. The van der Waals surface area contributed by atoms with Gasteiger partial charge < -0.3 is 20.3 Å². The minimum absolute atomic E-state index is 0.0381. The zero-order chi connectivity index (χ0) is 38.7. The van der Waals surface area contributed by atoms with Gasteiger partial charge in [0.1, 0.15) is 0 Å². The van der Waals surface area contributed by atoms with E-state index < -0.39 is 12.1 Å². The van der Waals surface area contributed by atoms with Crippen LogP contribution in [0.15, 0.2) is 36.5 Å². The van der Waals surface area contributed by atoms with E-state index in [9.17, 15) is 19.8 Å². The van der Waals surface area contributed by atoms with Gasteiger partial charge in [-0.3, -0.25) is 9.59 Å². The van der Waals surface area contributed by atoms with Crippen molar-refractivity contribution in [2.75, 3.05) is 13.2 Å². The molecular weight excluding hydrogens is 659 g/mol. The van der Waals surface area contributed by atoms with Crippen molar-refractivity contribution in [3.05, 3.63) is 36.5 Å². The number of allylic oxidation sites excluding steroid dienone is 6. The van der Waals surface area contributed by atoms with E-state index in [0.29, 0.717) is 25.9 Å². The smallest absolute Gasteiger partial charge is 0.305 e. The first-order valence-electron chi connectivity index (χ1n) is 22.7. The standard InChI is InChI=1S/C47H87NO5/c1-3-5-7-9-11-13-14-15-16-17-21-25-29-33-37-41-47(52)53-42-38-34-30-26-22-19-18-20-24-28-32-36-40-46(51)48-44(43-49)45(50)39-35-31-27-23-12-10-8-6-4-2/h11,13,15-16,19,22,44-45,49-50H,3-10,12,14,17-18,20-21,23-43H2,1-2H3,(H,48,51)/b13-11-,16-15-,22-19-. The van der Waals surface area contributed by atoms with Crippen molar-refractivity contribution in [2.45, 2.75) is 238 Å². The molecule has 0 aliphatic rings. The van der Waals surface area contributed by atoms with Gasteiger partial charge in [0.25, 0.3) is 0 Å². The number of amides is 1. The first-order chi connectivity index (χ1) is 26.0. The van der Waals surface area contributed by atoms with E-state index in [0.717, 1.165) is 89.9 Å². The molecule has 2 unspecified atom stereocenters. The number of hydrogen-bond acceptors (Lipinski definition) is 5. The minimum Gasteiger partial charge on any atom is -0.466 e. The van der Waals surface area contributed by atoms with E-state index in [-0.39, 0.29) is 18.5 Å². The summed E-state index contributed by atoms with van der Waals surface area (Å²) in [5.74, 6) is -0.104. The molecule has 53 heavy (non-hydrogen) atoms. The highest BCUT2D eigenvalue weighted by Gasteiger charge is 2.20. The molecule has 2 atom stereocenters. The lowest BCUT2D eigenvalue weighted by Gasteiger charge is -2.22. The SMILES string of the molecule is CCCCC/C=C\C/C=C\CCCCCCCC(=O)OCCCCC/C=C\CCCCCCCC(=O)NC(CO)C(O)CCCCCCCCCCC. The monoisotopic (exact) mass is 746 g/mol. The first-order valence-corrected chi connectivity index (χ1v) is 22.7. The van der Waals surface area contributed by atoms with E-state index in [4.69, 9.17) is 4.74 Å². The Balaban J connectivity index is 3.52. The first kappa shape index (κ1) is 51.1. The lowest BCUT2D eigenvalue weighted by atomic mass is 10.0. The summed E-state index contributed by atoms with van der Waals surface area (Å²) in [6.45, 7) is 4.82. The fourth-order valence-electron chi connectivity index (χ4n) is 6.60. The summed E-state index contributed by atoms with van der Waals surface area (Å²) in [7, 11) is 0. The van der Waals surface area contributed by atoms with Crippen molar-refractivity contribution < 1.29 is 24.5 Å². The number of carbonyl (C=O) groups is 2. The Morgan fingerprint density at radius 2 is 0.943 bits per heavy atom. The number of nitrogens with one attached hydrogen (secondary N) is 1. The highest BCUT2D eigenvalue weighted by molar-refractivity contribution is 5.76. The van der Waals surface area contributed by atoms with Gasteiger partial charge in [-0.25, -0.2) is 0 Å². The van der Waals surface area contributed by atoms with Crippen molar-refractivity contribution in [1.82, 2.24) is 5.32 Å². The maximum atomic E-state index is 12.3. The third-order valence-corrected chi connectivity index (χ3v) is 10.2. The molecule has 1 amide bonds. The largest absolute Gasteiger partial charge is 0.466 e. The Morgan fingerprint density at radius 3 is 1.49 bits per heavy atom. The molecule has 0 rings (SSSR count). The van der Waals surface area contributed by atoms with Gasteiger partial charge in [0.15, 0.2) is 0 Å². The van der Waals surface area contributed by atoms with Crippen molar-refractivity contribution in [3.8, 4) is 0 Å². The zero-order valence-electron chi connectivity index (χ0n) is 35.0. The van der Waals surface area contributed by atoms with Crippen LogP contribution in [0.25, 0.3) is 0 Å². The molecule has 0 spiro atoms. The number of ether oxygens (including phenoxy) is 1. The second-order valence-corrected chi connectivity index (χ2v) is 15.4. The molecule has 0 aliphatic heterocycles. The van der Waals surface area contributed by atoms with Crippen molar-refractivity contribution in [1.29, 1.82) is 0 Å². The number of rotatable bonds is 41. The number of unbranched alkanes of at least 4 members (excludes halogenated alkanes) is 24. The predicted octanol–water partition coefficient (Wildman–Crippen LogP) is 12.9. The van der Waals surface area contributed by atoms with E-state index in [2.05, 4.69) is 55.6 Å². The summed E-state index contributed by atoms with van der Waals surface area (Å²) >= 11 is 0. The topological polar surface area (TPSA) is 95.9 Å². The molecular formula is C47H87NO5. The van der Waals surface area contributed by atoms with Crippen LogP contribution >= 0.6 is 0 Å². The molecule has 0 saturated carbocycles. The van der Waals surface area contributed by atoms with Crippen LogP contribution in [0.1, 0.15) is 226 Å². The van der Waals surface area contributed by atoms with E-state index in [1.54, 1.807) is 0 Å². The van der Waals surface area contributed by atoms with Crippen molar-refractivity contribution in [3.63, 3.8) is 0 Å². The fourth-order valence-corrected chi connectivity index (χ4v) is 6.60. The summed E-state index contributed by atoms with van der Waals surface area (Å²) in [5, 5.41) is 23.0. The van der Waals surface area contributed by atoms with Crippen LogP contribution in [-0.4, -0.2) is 47.4 Å². The third kappa shape index (κ3) is 39.6. The Labute approximate surface area is 328 Å². The molecule has 0 heterocycles. The number of aliphatic hydroxyl groups is 2. The Morgan fingerprint density at radius 1 is 0.528 bits per heavy atom. The lowest BCUT2D eigenvalue weighted by molar-refractivity contribution is -0.143. The second kappa shape index (κ2) is 42.8. The van der Waals surface area contributed by atoms with Crippen LogP contribution in [0.5, 0.6) is 0 Å². The highest BCUT2D eigenvalue weighted by atomic mass is 16.5. The molecule has 0 bridgehead atoms. The van der Waals surface area contributed by atoms with Crippen molar-refractivity contribution in [2.24, 2.45) is 0 Å². The van der Waals surface area contributed by atoms with Crippen LogP contribution in [0.2, 0.25) is 0 Å². The molecule has 6 heteroatoms. The Hall–Kier alpha value is -1.92. The van der Waals surface area contributed by atoms with E-state index in [1.807, 2.05) is 0 Å². The van der Waals surface area contributed by atoms with Crippen LogP contribution in [0.4, 0.5) is 0 Å². The van der Waals surface area contributed by atoms with Crippen LogP contribution in [0.3, 0.4) is 0 Å². The number of hydrogen-bond donors (Lipinski definition) is 3. The molecule has 0 radical (unpaired) electrons. The number of esters is 1. The molecule has 0 aliphatic carbocycles. The molecule has 0 aromatic carbocycles. The van der Waals surface area contributed by atoms with Crippen LogP contribution < -0.4 is 5.32 Å². The van der Waals surface area contributed by atoms with Gasteiger partial charge in [-0.15, -0.1) is 0 Å². The van der Waals surface area contributed by atoms with Crippen LogP contribution in [0, 0.1) is 0 Å².